The number of H-pyrrole nitrogens is 1. The van der Waals surface area contributed by atoms with Gasteiger partial charge in [0.1, 0.15) is 16.5 Å². The van der Waals surface area contributed by atoms with E-state index in [0.29, 0.717) is 23.4 Å². The zero-order chi connectivity index (χ0) is 20.5. The summed E-state index contributed by atoms with van der Waals surface area (Å²) in [6.07, 6.45) is 0. The smallest absolute Gasteiger partial charge is 0.259 e. The Bertz CT molecular complexity index is 1230. The molecule has 0 aliphatic carbocycles. The molecule has 3 heterocycles. The first-order chi connectivity index (χ1) is 14.7. The number of hydrogen-bond donors (Lipinski definition) is 1. The van der Waals surface area contributed by atoms with Crippen LogP contribution >= 0.6 is 11.3 Å². The highest BCUT2D eigenvalue weighted by atomic mass is 32.1. The Balaban J connectivity index is 1.31. The number of rotatable bonds is 4. The molecular weight excluding hydrogens is 399 g/mol. The lowest BCUT2D eigenvalue weighted by atomic mass is 10.2. The Hall–Kier alpha value is -3.03. The molecule has 0 amide bonds. The van der Waals surface area contributed by atoms with Crippen LogP contribution in [0.1, 0.15) is 5.82 Å². The van der Waals surface area contributed by atoms with Gasteiger partial charge in [-0.05, 0) is 23.8 Å². The summed E-state index contributed by atoms with van der Waals surface area (Å²) >= 11 is 1.54. The summed E-state index contributed by atoms with van der Waals surface area (Å²) in [6.45, 7) is 3.63. The Morgan fingerprint density at radius 2 is 1.73 bits per heavy atom. The van der Waals surface area contributed by atoms with E-state index in [2.05, 4.69) is 14.8 Å². The van der Waals surface area contributed by atoms with Gasteiger partial charge >= 0.3 is 0 Å². The highest BCUT2D eigenvalue weighted by Gasteiger charge is 2.20. The molecule has 0 unspecified atom stereocenters. The molecule has 30 heavy (non-hydrogen) atoms. The van der Waals surface area contributed by atoms with E-state index in [1.54, 1.807) is 17.4 Å². The van der Waals surface area contributed by atoms with Gasteiger partial charge in [0, 0.05) is 31.1 Å². The van der Waals surface area contributed by atoms with Crippen molar-refractivity contribution in [1.82, 2.24) is 14.9 Å². The molecule has 4 aromatic rings. The van der Waals surface area contributed by atoms with E-state index in [9.17, 15) is 9.18 Å². The number of piperazine rings is 1. The van der Waals surface area contributed by atoms with Crippen LogP contribution in [-0.4, -0.2) is 41.0 Å². The van der Waals surface area contributed by atoms with Gasteiger partial charge in [-0.25, -0.2) is 9.37 Å². The summed E-state index contributed by atoms with van der Waals surface area (Å²) in [5, 5.41) is 0.631. The van der Waals surface area contributed by atoms with Crippen LogP contribution in [0.15, 0.2) is 65.5 Å². The van der Waals surface area contributed by atoms with E-state index in [4.69, 9.17) is 4.98 Å². The minimum atomic E-state index is -0.186. The summed E-state index contributed by atoms with van der Waals surface area (Å²) in [5.41, 5.74) is 1.64. The standard InChI is InChI=1S/C23H21FN4OS/c24-18-8-4-5-9-19(18)28-12-10-27(11-13-28)15-21-25-22(29)17-14-20(30-23(17)26-21)16-6-2-1-3-7-16/h1-9,14H,10-13,15H2,(H,25,26,29). The van der Waals surface area contributed by atoms with Gasteiger partial charge in [-0.2, -0.15) is 0 Å². The average molecular weight is 421 g/mol. The van der Waals surface area contributed by atoms with Crippen molar-refractivity contribution in [2.24, 2.45) is 0 Å². The monoisotopic (exact) mass is 420 g/mol. The van der Waals surface area contributed by atoms with E-state index >= 15 is 0 Å². The fraction of sp³-hybridized carbons (Fsp3) is 0.217. The van der Waals surface area contributed by atoms with Crippen LogP contribution in [0, 0.1) is 5.82 Å². The lowest BCUT2D eigenvalue weighted by Crippen LogP contribution is -2.46. The summed E-state index contributed by atoms with van der Waals surface area (Å²) in [7, 11) is 0. The van der Waals surface area contributed by atoms with Crippen molar-refractivity contribution in [3.05, 3.63) is 82.7 Å². The van der Waals surface area contributed by atoms with E-state index in [1.807, 2.05) is 48.5 Å². The van der Waals surface area contributed by atoms with Gasteiger partial charge in [-0.3, -0.25) is 9.69 Å². The van der Waals surface area contributed by atoms with Gasteiger partial charge in [0.15, 0.2) is 0 Å². The van der Waals surface area contributed by atoms with Gasteiger partial charge < -0.3 is 9.88 Å². The van der Waals surface area contributed by atoms with Gasteiger partial charge in [0.05, 0.1) is 17.6 Å². The Labute approximate surface area is 177 Å². The molecule has 5 rings (SSSR count). The molecule has 1 fully saturated rings. The molecule has 0 bridgehead atoms. The number of aromatic nitrogens is 2. The molecule has 1 aliphatic rings. The number of para-hydroxylation sites is 1. The Kier molecular flexibility index (Phi) is 5.06. The molecule has 1 aliphatic heterocycles. The van der Waals surface area contributed by atoms with Crippen molar-refractivity contribution in [2.45, 2.75) is 6.54 Å². The van der Waals surface area contributed by atoms with Crippen molar-refractivity contribution in [3.8, 4) is 10.4 Å². The van der Waals surface area contributed by atoms with Crippen molar-refractivity contribution in [1.29, 1.82) is 0 Å². The van der Waals surface area contributed by atoms with Crippen molar-refractivity contribution in [2.75, 3.05) is 31.1 Å². The zero-order valence-corrected chi connectivity index (χ0v) is 17.2. The molecule has 0 radical (unpaired) electrons. The minimum absolute atomic E-state index is 0.0987. The predicted octanol–water partition coefficient (Wildman–Crippen LogP) is 4.11. The van der Waals surface area contributed by atoms with Crippen LogP contribution in [-0.2, 0) is 6.54 Å². The third-order valence-electron chi connectivity index (χ3n) is 5.45. The molecule has 152 valence electrons. The number of nitrogens with one attached hydrogen (secondary N) is 1. The maximum atomic E-state index is 14.0. The van der Waals surface area contributed by atoms with Crippen LogP contribution < -0.4 is 10.5 Å². The van der Waals surface area contributed by atoms with Gasteiger partial charge in [-0.15, -0.1) is 11.3 Å². The van der Waals surface area contributed by atoms with Crippen LogP contribution in [0.5, 0.6) is 0 Å². The number of benzene rings is 2. The van der Waals surface area contributed by atoms with E-state index < -0.39 is 0 Å². The number of thiophene rings is 1. The highest BCUT2D eigenvalue weighted by Crippen LogP contribution is 2.30. The summed E-state index contributed by atoms with van der Waals surface area (Å²) in [5.74, 6) is 0.489. The number of halogens is 1. The molecule has 1 N–H and O–H groups in total. The lowest BCUT2D eigenvalue weighted by Gasteiger charge is -2.35. The minimum Gasteiger partial charge on any atom is -0.367 e. The third-order valence-corrected chi connectivity index (χ3v) is 6.53. The molecule has 0 spiro atoms. The largest absolute Gasteiger partial charge is 0.367 e. The average Bonchev–Trinajstić information content (AvgIpc) is 3.20. The summed E-state index contributed by atoms with van der Waals surface area (Å²) < 4.78 is 14.0. The second-order valence-electron chi connectivity index (χ2n) is 7.42. The quantitative estimate of drug-likeness (QED) is 0.540. The maximum Gasteiger partial charge on any atom is 0.259 e. The molecule has 0 saturated carbocycles. The van der Waals surface area contributed by atoms with Crippen LogP contribution in [0.4, 0.5) is 10.1 Å². The van der Waals surface area contributed by atoms with E-state index in [-0.39, 0.29) is 11.4 Å². The van der Waals surface area contributed by atoms with Crippen LogP contribution in [0.25, 0.3) is 20.7 Å². The molecule has 0 atom stereocenters. The first kappa shape index (κ1) is 19.0. The normalized spacial score (nSPS) is 15.0. The van der Waals surface area contributed by atoms with E-state index in [0.717, 1.165) is 41.5 Å². The first-order valence-corrected chi connectivity index (χ1v) is 10.8. The molecule has 1 saturated heterocycles. The Morgan fingerprint density at radius 3 is 2.50 bits per heavy atom. The van der Waals surface area contributed by atoms with E-state index in [1.165, 1.54) is 6.07 Å². The second-order valence-corrected chi connectivity index (χ2v) is 8.45. The third kappa shape index (κ3) is 3.74. The number of fused-ring (bicyclic) bond motifs is 1. The fourth-order valence-electron chi connectivity index (χ4n) is 3.86. The maximum absolute atomic E-state index is 14.0. The summed E-state index contributed by atoms with van der Waals surface area (Å²) in [4.78, 5) is 26.4. The van der Waals surface area contributed by atoms with Gasteiger partial charge in [-0.1, -0.05) is 42.5 Å². The molecule has 5 nitrogen and oxygen atoms in total. The van der Waals surface area contributed by atoms with Crippen LogP contribution in [0.2, 0.25) is 0 Å². The molecule has 2 aromatic heterocycles. The highest BCUT2D eigenvalue weighted by molar-refractivity contribution is 7.21. The lowest BCUT2D eigenvalue weighted by molar-refractivity contribution is 0.243. The number of anilines is 1. The molecule has 7 heteroatoms. The van der Waals surface area contributed by atoms with Crippen molar-refractivity contribution >= 4 is 27.2 Å². The number of aromatic amines is 1. The molecular formula is C23H21FN4OS. The zero-order valence-electron chi connectivity index (χ0n) is 16.3. The summed E-state index contributed by atoms with van der Waals surface area (Å²) in [6, 6.07) is 18.8. The Morgan fingerprint density at radius 1 is 1.00 bits per heavy atom. The molecule has 2 aromatic carbocycles. The van der Waals surface area contributed by atoms with Gasteiger partial charge in [0.25, 0.3) is 5.56 Å². The number of hydrogen-bond acceptors (Lipinski definition) is 5. The van der Waals surface area contributed by atoms with Crippen molar-refractivity contribution < 1.29 is 4.39 Å². The number of nitrogens with zero attached hydrogens (tertiary/aromatic N) is 3. The topological polar surface area (TPSA) is 52.2 Å². The first-order valence-electron chi connectivity index (χ1n) is 9.97. The van der Waals surface area contributed by atoms with Crippen molar-refractivity contribution in [3.63, 3.8) is 0 Å². The fourth-order valence-corrected chi connectivity index (χ4v) is 4.92. The van der Waals surface area contributed by atoms with Gasteiger partial charge in [0.2, 0.25) is 0 Å². The van der Waals surface area contributed by atoms with Crippen LogP contribution in [0.3, 0.4) is 0 Å². The second kappa shape index (κ2) is 8.01. The predicted molar refractivity (Wildman–Crippen MR) is 120 cm³/mol. The SMILES string of the molecule is O=c1[nH]c(CN2CCN(c3ccccc3F)CC2)nc2sc(-c3ccccc3)cc12.